The molecule has 19 heavy (non-hydrogen) atoms. The molecule has 1 aliphatic heterocycles. The van der Waals surface area contributed by atoms with Crippen molar-refractivity contribution < 1.29 is 4.74 Å². The molecule has 1 aliphatic rings. The van der Waals surface area contributed by atoms with Gasteiger partial charge in [0.2, 0.25) is 0 Å². The van der Waals surface area contributed by atoms with E-state index in [2.05, 4.69) is 34.6 Å². The Balaban J connectivity index is 1.56. The third-order valence-corrected chi connectivity index (χ3v) is 3.75. The van der Waals surface area contributed by atoms with E-state index >= 15 is 0 Å². The van der Waals surface area contributed by atoms with E-state index in [4.69, 9.17) is 4.74 Å². The largest absolute Gasteiger partial charge is 0.378 e. The van der Waals surface area contributed by atoms with Gasteiger partial charge >= 0.3 is 0 Å². The summed E-state index contributed by atoms with van der Waals surface area (Å²) in [7, 11) is 0. The molecule has 1 aromatic carbocycles. The molecule has 1 saturated heterocycles. The molecule has 1 N–H and O–H groups in total. The Bertz CT molecular complexity index is 530. The molecule has 2 heterocycles. The molecule has 0 aliphatic carbocycles. The second-order valence-corrected chi connectivity index (χ2v) is 5.11. The van der Waals surface area contributed by atoms with Gasteiger partial charge in [0.05, 0.1) is 6.10 Å². The van der Waals surface area contributed by atoms with Gasteiger partial charge in [-0.2, -0.15) is 0 Å². The van der Waals surface area contributed by atoms with Crippen molar-refractivity contribution in [3.05, 3.63) is 42.2 Å². The maximum Gasteiger partial charge on any atom is 0.0588 e. The third-order valence-electron chi connectivity index (χ3n) is 3.75. The highest BCUT2D eigenvalue weighted by Crippen LogP contribution is 2.17. The van der Waals surface area contributed by atoms with Gasteiger partial charge in [-0.25, -0.2) is 0 Å². The Labute approximate surface area is 114 Å². The van der Waals surface area contributed by atoms with Gasteiger partial charge in [0, 0.05) is 30.9 Å². The fourth-order valence-corrected chi connectivity index (χ4v) is 2.70. The van der Waals surface area contributed by atoms with Crippen LogP contribution in [-0.2, 0) is 11.3 Å². The maximum absolute atomic E-state index is 5.63. The normalized spacial score (nSPS) is 19.1. The number of hydrogen-bond acceptors (Lipinski definition) is 3. The Kier molecular flexibility index (Phi) is 4.06. The lowest BCUT2D eigenvalue weighted by molar-refractivity contribution is 0.104. The average Bonchev–Trinajstić information content (AvgIpc) is 2.97. The number of nitrogens with zero attached hydrogens (tertiary/aromatic N) is 1. The standard InChI is InChI=1S/C16H20N2O/c1-3-13(16-7-9-18-12-14(16)4-1)11-17-8-6-15-5-2-10-19-15/h1,3-4,7,9,12,15,17H,2,5-6,8,10-11H2. The lowest BCUT2D eigenvalue weighted by atomic mass is 10.1. The Morgan fingerprint density at radius 3 is 3.21 bits per heavy atom. The van der Waals surface area contributed by atoms with Crippen LogP contribution in [0.3, 0.4) is 0 Å². The van der Waals surface area contributed by atoms with Crippen LogP contribution < -0.4 is 5.32 Å². The zero-order chi connectivity index (χ0) is 12.9. The molecule has 1 atom stereocenters. The van der Waals surface area contributed by atoms with Crippen molar-refractivity contribution in [2.75, 3.05) is 13.2 Å². The zero-order valence-electron chi connectivity index (χ0n) is 11.1. The molecule has 0 bridgehead atoms. The minimum Gasteiger partial charge on any atom is -0.378 e. The molecular formula is C16H20N2O. The molecule has 0 amide bonds. The minimum absolute atomic E-state index is 0.476. The van der Waals surface area contributed by atoms with E-state index in [-0.39, 0.29) is 0 Å². The van der Waals surface area contributed by atoms with Crippen molar-refractivity contribution >= 4 is 10.8 Å². The van der Waals surface area contributed by atoms with Crippen molar-refractivity contribution in [1.29, 1.82) is 0 Å². The van der Waals surface area contributed by atoms with Crippen molar-refractivity contribution in [3.8, 4) is 0 Å². The van der Waals surface area contributed by atoms with E-state index in [0.717, 1.165) is 26.1 Å². The van der Waals surface area contributed by atoms with Gasteiger partial charge in [-0.1, -0.05) is 18.2 Å². The molecule has 3 rings (SSSR count). The lowest BCUT2D eigenvalue weighted by Crippen LogP contribution is -2.19. The number of pyridine rings is 1. The van der Waals surface area contributed by atoms with Gasteiger partial charge in [0.1, 0.15) is 0 Å². The first-order valence-electron chi connectivity index (χ1n) is 7.07. The van der Waals surface area contributed by atoms with Crippen molar-refractivity contribution in [2.24, 2.45) is 0 Å². The minimum atomic E-state index is 0.476. The number of nitrogens with one attached hydrogen (secondary N) is 1. The van der Waals surface area contributed by atoms with Crippen LogP contribution in [0, 0.1) is 0 Å². The summed E-state index contributed by atoms with van der Waals surface area (Å²) in [5.41, 5.74) is 1.34. The van der Waals surface area contributed by atoms with Crippen LogP contribution in [0.1, 0.15) is 24.8 Å². The average molecular weight is 256 g/mol. The highest BCUT2D eigenvalue weighted by molar-refractivity contribution is 5.84. The molecule has 0 saturated carbocycles. The zero-order valence-corrected chi connectivity index (χ0v) is 11.1. The second kappa shape index (κ2) is 6.13. The fourth-order valence-electron chi connectivity index (χ4n) is 2.70. The second-order valence-electron chi connectivity index (χ2n) is 5.11. The molecule has 100 valence electrons. The van der Waals surface area contributed by atoms with Crippen LogP contribution in [0.5, 0.6) is 0 Å². The molecule has 2 aromatic rings. The highest BCUT2D eigenvalue weighted by atomic mass is 16.5. The van der Waals surface area contributed by atoms with E-state index < -0.39 is 0 Å². The quantitative estimate of drug-likeness (QED) is 0.835. The van der Waals surface area contributed by atoms with E-state index in [9.17, 15) is 0 Å². The number of rotatable bonds is 5. The van der Waals surface area contributed by atoms with E-state index in [1.54, 1.807) is 0 Å². The third kappa shape index (κ3) is 3.11. The lowest BCUT2D eigenvalue weighted by Gasteiger charge is -2.11. The summed E-state index contributed by atoms with van der Waals surface area (Å²) in [6, 6.07) is 8.48. The summed E-state index contributed by atoms with van der Waals surface area (Å²) in [6.07, 6.45) is 7.82. The van der Waals surface area contributed by atoms with Crippen LogP contribution in [0.15, 0.2) is 36.7 Å². The van der Waals surface area contributed by atoms with Crippen LogP contribution in [-0.4, -0.2) is 24.2 Å². The number of ether oxygens (including phenoxy) is 1. The Hall–Kier alpha value is -1.45. The fraction of sp³-hybridized carbons (Fsp3) is 0.438. The Morgan fingerprint density at radius 2 is 2.32 bits per heavy atom. The first-order chi connectivity index (χ1) is 9.43. The SMILES string of the molecule is c1cc(CNCCC2CCCO2)c2ccncc2c1. The summed E-state index contributed by atoms with van der Waals surface area (Å²) in [4.78, 5) is 4.17. The number of benzene rings is 1. The number of hydrogen-bond donors (Lipinski definition) is 1. The van der Waals surface area contributed by atoms with E-state index in [0.29, 0.717) is 6.10 Å². The molecule has 1 aromatic heterocycles. The molecule has 1 fully saturated rings. The van der Waals surface area contributed by atoms with Crippen LogP contribution in [0.25, 0.3) is 10.8 Å². The van der Waals surface area contributed by atoms with Gasteiger partial charge < -0.3 is 10.1 Å². The van der Waals surface area contributed by atoms with Gasteiger partial charge in [-0.15, -0.1) is 0 Å². The van der Waals surface area contributed by atoms with Crippen molar-refractivity contribution in [3.63, 3.8) is 0 Å². The topological polar surface area (TPSA) is 34.1 Å². The summed E-state index contributed by atoms with van der Waals surface area (Å²) in [6.45, 7) is 2.88. The molecule has 3 heteroatoms. The van der Waals surface area contributed by atoms with Gasteiger partial charge in [-0.05, 0) is 42.8 Å². The first-order valence-corrected chi connectivity index (χ1v) is 7.07. The number of aromatic nitrogens is 1. The predicted molar refractivity (Wildman–Crippen MR) is 77.0 cm³/mol. The maximum atomic E-state index is 5.63. The summed E-state index contributed by atoms with van der Waals surface area (Å²) >= 11 is 0. The molecule has 0 radical (unpaired) electrons. The molecular weight excluding hydrogens is 236 g/mol. The highest BCUT2D eigenvalue weighted by Gasteiger charge is 2.14. The predicted octanol–water partition coefficient (Wildman–Crippen LogP) is 2.89. The number of fused-ring (bicyclic) bond motifs is 1. The van der Waals surface area contributed by atoms with Crippen LogP contribution >= 0.6 is 0 Å². The first kappa shape index (κ1) is 12.6. The van der Waals surface area contributed by atoms with Gasteiger partial charge in [0.15, 0.2) is 0 Å². The summed E-state index contributed by atoms with van der Waals surface area (Å²) in [5.74, 6) is 0. The molecule has 0 spiro atoms. The summed E-state index contributed by atoms with van der Waals surface area (Å²) < 4.78 is 5.63. The summed E-state index contributed by atoms with van der Waals surface area (Å²) in [5, 5.41) is 6.02. The molecule has 3 nitrogen and oxygen atoms in total. The van der Waals surface area contributed by atoms with E-state index in [1.807, 2.05) is 12.4 Å². The monoisotopic (exact) mass is 256 g/mol. The van der Waals surface area contributed by atoms with Gasteiger partial charge in [0.25, 0.3) is 0 Å². The van der Waals surface area contributed by atoms with Crippen LogP contribution in [0.2, 0.25) is 0 Å². The van der Waals surface area contributed by atoms with Crippen molar-refractivity contribution in [1.82, 2.24) is 10.3 Å². The van der Waals surface area contributed by atoms with E-state index in [1.165, 1.54) is 29.2 Å². The Morgan fingerprint density at radius 1 is 1.32 bits per heavy atom. The van der Waals surface area contributed by atoms with Crippen molar-refractivity contribution in [2.45, 2.75) is 31.9 Å². The smallest absolute Gasteiger partial charge is 0.0588 e. The van der Waals surface area contributed by atoms with Gasteiger partial charge in [-0.3, -0.25) is 4.98 Å². The van der Waals surface area contributed by atoms with Crippen LogP contribution in [0.4, 0.5) is 0 Å². The molecule has 1 unspecified atom stereocenters.